The summed E-state index contributed by atoms with van der Waals surface area (Å²) < 4.78 is 42.5. The van der Waals surface area contributed by atoms with E-state index in [2.05, 4.69) is 76.3 Å². The Hall–Kier alpha value is -6.04. The number of rotatable bonds is 13. The van der Waals surface area contributed by atoms with Crippen LogP contribution in [-0.4, -0.2) is 87.1 Å². The molecule has 5 N–H and O–H groups in total. The number of nitrogens with zero attached hydrogens (tertiary/aromatic N) is 11. The Morgan fingerprint density at radius 2 is 1.33 bits per heavy atom. The second-order valence-corrected chi connectivity index (χ2v) is 14.2. The minimum atomic E-state index is -3.83. The molecular formula is C28H23N16O4S3+. The smallest absolute Gasteiger partial charge is 0.240 e. The molecule has 0 aliphatic carbocycles. The van der Waals surface area contributed by atoms with Gasteiger partial charge in [0.2, 0.25) is 26.0 Å². The van der Waals surface area contributed by atoms with E-state index in [1.165, 1.54) is 30.6 Å². The Labute approximate surface area is 294 Å². The molecule has 8 rings (SSSR count). The molecule has 0 saturated carbocycles. The third kappa shape index (κ3) is 7.03. The fraction of sp³-hybridized carbons (Fsp3) is 0.107. The van der Waals surface area contributed by atoms with Crippen LogP contribution in [0, 0.1) is 0 Å². The molecule has 0 atom stereocenters. The number of aromatic nitrogens is 15. The fourth-order valence-corrected chi connectivity index (χ4v) is 6.84. The van der Waals surface area contributed by atoms with Crippen LogP contribution in [0.15, 0.2) is 91.0 Å². The fourth-order valence-electron chi connectivity index (χ4n) is 4.76. The van der Waals surface area contributed by atoms with Gasteiger partial charge in [-0.05, 0) is 43.4 Å². The highest BCUT2D eigenvalue weighted by atomic mass is 32.2. The van der Waals surface area contributed by atoms with E-state index in [9.17, 15) is 8.42 Å². The topological polar surface area (TPSA) is 268 Å². The normalized spacial score (nSPS) is 11.8. The molecule has 256 valence electrons. The molecule has 8 aromatic rings. The summed E-state index contributed by atoms with van der Waals surface area (Å²) >= 11 is 2.68. The van der Waals surface area contributed by atoms with Crippen molar-refractivity contribution in [3.05, 3.63) is 78.6 Å². The molecule has 23 heteroatoms. The zero-order valence-corrected chi connectivity index (χ0v) is 28.5. The van der Waals surface area contributed by atoms with E-state index in [0.717, 1.165) is 5.56 Å². The molecule has 0 unspecified atom stereocenters. The van der Waals surface area contributed by atoms with Crippen molar-refractivity contribution >= 4 is 33.5 Å². The van der Waals surface area contributed by atoms with Gasteiger partial charge in [0.05, 0.1) is 22.0 Å². The van der Waals surface area contributed by atoms with Gasteiger partial charge in [-0.3, -0.25) is 10.2 Å². The predicted octanol–water partition coefficient (Wildman–Crippen LogP) is 2.57. The van der Waals surface area contributed by atoms with Gasteiger partial charge in [0.1, 0.15) is 11.5 Å². The maximum Gasteiger partial charge on any atom is 0.240 e. The zero-order valence-electron chi connectivity index (χ0n) is 26.0. The Morgan fingerprint density at radius 1 is 0.745 bits per heavy atom. The van der Waals surface area contributed by atoms with Gasteiger partial charge in [0, 0.05) is 23.8 Å². The monoisotopic (exact) mass is 743 g/mol. The summed E-state index contributed by atoms with van der Waals surface area (Å²) in [6, 6.07) is 15.7. The zero-order chi connectivity index (χ0) is 34.8. The summed E-state index contributed by atoms with van der Waals surface area (Å²) in [6.45, 7) is 0. The minimum Gasteiger partial charge on any atom is -0.453 e. The van der Waals surface area contributed by atoms with Crippen LogP contribution < -0.4 is 9.29 Å². The van der Waals surface area contributed by atoms with Gasteiger partial charge in [-0.1, -0.05) is 34.0 Å². The molecule has 0 aliphatic rings. The molecule has 0 amide bonds. The van der Waals surface area contributed by atoms with Crippen molar-refractivity contribution in [2.75, 3.05) is 7.05 Å². The SMILES string of the molecule is CNS(=O)(=O)c1cc(-c2ccc(-c3nc(SCc4nn[nH]n4)n[nH]3)o2)cc(-[n+]2cccc(-c3ccc(-c4nc(SCc5nn[nH]n5)n[nH]4)o3)c2)c1. The molecule has 0 bridgehead atoms. The molecule has 51 heavy (non-hydrogen) atoms. The van der Waals surface area contributed by atoms with Crippen LogP contribution >= 0.6 is 23.5 Å². The van der Waals surface area contributed by atoms with Crippen molar-refractivity contribution in [3.8, 4) is 51.5 Å². The summed E-state index contributed by atoms with van der Waals surface area (Å²) in [5.74, 6) is 4.68. The molecule has 0 aliphatic heterocycles. The van der Waals surface area contributed by atoms with E-state index < -0.39 is 10.0 Å². The van der Waals surface area contributed by atoms with Crippen molar-refractivity contribution in [1.82, 2.24) is 76.3 Å². The van der Waals surface area contributed by atoms with Crippen molar-refractivity contribution in [2.24, 2.45) is 0 Å². The summed E-state index contributed by atoms with van der Waals surface area (Å²) in [7, 11) is -2.47. The largest absolute Gasteiger partial charge is 0.453 e. The van der Waals surface area contributed by atoms with Crippen LogP contribution in [0.5, 0.6) is 0 Å². The first-order valence-corrected chi connectivity index (χ1v) is 18.2. The number of thioether (sulfide) groups is 2. The molecular weight excluding hydrogens is 721 g/mol. The molecule has 0 saturated heterocycles. The maximum absolute atomic E-state index is 13.0. The number of aromatic amines is 4. The van der Waals surface area contributed by atoms with E-state index in [-0.39, 0.29) is 4.90 Å². The van der Waals surface area contributed by atoms with Gasteiger partial charge in [0.25, 0.3) is 0 Å². The number of hydrogen-bond acceptors (Lipinski definition) is 16. The molecule has 1 aromatic carbocycles. The number of tetrazole rings is 2. The Morgan fingerprint density at radius 3 is 1.90 bits per heavy atom. The van der Waals surface area contributed by atoms with Crippen LogP contribution in [-0.2, 0) is 21.5 Å². The lowest BCUT2D eigenvalue weighted by atomic mass is 10.1. The average molecular weight is 744 g/mol. The first-order valence-electron chi connectivity index (χ1n) is 14.8. The Bertz CT molecular complexity index is 2520. The number of furan rings is 2. The summed E-state index contributed by atoms with van der Waals surface area (Å²) in [5.41, 5.74) is 1.82. The van der Waals surface area contributed by atoms with Crippen LogP contribution in [0.25, 0.3) is 51.5 Å². The highest BCUT2D eigenvalue weighted by Crippen LogP contribution is 2.31. The summed E-state index contributed by atoms with van der Waals surface area (Å²) in [6.07, 6.45) is 3.64. The van der Waals surface area contributed by atoms with Gasteiger partial charge < -0.3 is 8.83 Å². The van der Waals surface area contributed by atoms with Crippen LogP contribution in [0.2, 0.25) is 0 Å². The van der Waals surface area contributed by atoms with Crippen molar-refractivity contribution in [3.63, 3.8) is 0 Å². The van der Waals surface area contributed by atoms with Crippen LogP contribution in [0.1, 0.15) is 11.6 Å². The van der Waals surface area contributed by atoms with E-state index >= 15 is 0 Å². The third-order valence-electron chi connectivity index (χ3n) is 7.19. The number of sulfonamides is 1. The lowest BCUT2D eigenvalue weighted by Crippen LogP contribution is -2.30. The second-order valence-electron chi connectivity index (χ2n) is 10.4. The molecule has 7 heterocycles. The highest BCUT2D eigenvalue weighted by molar-refractivity contribution is 7.98. The first-order chi connectivity index (χ1) is 24.9. The van der Waals surface area contributed by atoms with Gasteiger partial charge in [-0.15, -0.1) is 30.6 Å². The second kappa shape index (κ2) is 13.7. The maximum atomic E-state index is 13.0. The average Bonchev–Trinajstić information content (AvgIpc) is 4.00. The first kappa shape index (κ1) is 32.2. The molecule has 7 aromatic heterocycles. The number of nitrogens with one attached hydrogen (secondary N) is 5. The highest BCUT2D eigenvalue weighted by Gasteiger charge is 2.22. The lowest BCUT2D eigenvalue weighted by molar-refractivity contribution is -0.595. The molecule has 0 spiro atoms. The van der Waals surface area contributed by atoms with Crippen LogP contribution in [0.3, 0.4) is 0 Å². The minimum absolute atomic E-state index is 0.0479. The van der Waals surface area contributed by atoms with Gasteiger partial charge in [0.15, 0.2) is 47.2 Å². The van der Waals surface area contributed by atoms with E-state index in [1.807, 2.05) is 36.7 Å². The number of pyridine rings is 1. The van der Waals surface area contributed by atoms with E-state index in [1.54, 1.807) is 34.9 Å². The summed E-state index contributed by atoms with van der Waals surface area (Å²) in [4.78, 5) is 9.02. The van der Waals surface area contributed by atoms with Crippen molar-refractivity contribution in [1.29, 1.82) is 0 Å². The summed E-state index contributed by atoms with van der Waals surface area (Å²) in [5, 5.41) is 42.8. The lowest BCUT2D eigenvalue weighted by Gasteiger charge is -2.07. The van der Waals surface area contributed by atoms with Gasteiger partial charge >= 0.3 is 0 Å². The Kier molecular flexibility index (Phi) is 8.64. The van der Waals surface area contributed by atoms with Crippen LogP contribution in [0.4, 0.5) is 0 Å². The molecule has 0 fully saturated rings. The number of hydrogen-bond donors (Lipinski definition) is 5. The van der Waals surface area contributed by atoms with Gasteiger partial charge in [-0.2, -0.15) is 25.0 Å². The quantitative estimate of drug-likeness (QED) is 0.0839. The standard InChI is InChI=1S/C28H23N16O4S3/c1-29-51(45,46)18-10-16(20-5-7-22(48-20)26-31-28(39-37-26)50-14-24-34-42-43-35-24)9-17(11-18)44-8-2-3-15(12-44)19-4-6-21(47-19)25-30-27(38-36-25)49-13-23-32-40-41-33-23/h2-12,29H,13-14H2,1H3,(H,30,36,38)(H,31,37,39)(H,32,33,40,41)(H,34,35,42,43)/q+1. The van der Waals surface area contributed by atoms with E-state index in [0.29, 0.717) is 79.4 Å². The molecule has 20 nitrogen and oxygen atoms in total. The number of benzene rings is 1. The number of H-pyrrole nitrogens is 4. The Balaban J connectivity index is 1.05. The van der Waals surface area contributed by atoms with Crippen molar-refractivity contribution < 1.29 is 21.8 Å². The molecule has 0 radical (unpaired) electrons. The predicted molar refractivity (Wildman–Crippen MR) is 178 cm³/mol. The van der Waals surface area contributed by atoms with Crippen molar-refractivity contribution in [2.45, 2.75) is 26.7 Å². The van der Waals surface area contributed by atoms with E-state index in [4.69, 9.17) is 8.83 Å². The van der Waals surface area contributed by atoms with Gasteiger partial charge in [-0.25, -0.2) is 13.1 Å². The third-order valence-corrected chi connectivity index (χ3v) is 10.3.